The van der Waals surface area contributed by atoms with Crippen LogP contribution in [0.4, 0.5) is 0 Å². The molecule has 0 aromatic heterocycles. The lowest BCUT2D eigenvalue weighted by Crippen LogP contribution is -2.36. The first-order valence-corrected chi connectivity index (χ1v) is 3.55. The van der Waals surface area contributed by atoms with Crippen LogP contribution in [0, 0.1) is 4.91 Å². The topological polar surface area (TPSA) is 116 Å². The van der Waals surface area contributed by atoms with Gasteiger partial charge in [-0.05, 0) is 0 Å². The molecule has 0 aromatic carbocycles. The molecule has 0 spiro atoms. The first-order valence-electron chi connectivity index (χ1n) is 2.28. The van der Waals surface area contributed by atoms with Crippen molar-refractivity contribution in [3.63, 3.8) is 0 Å². The van der Waals surface area contributed by atoms with Gasteiger partial charge in [0, 0.05) is 0 Å². The van der Waals surface area contributed by atoms with Crippen molar-refractivity contribution < 1.29 is 14.5 Å². The normalized spacial score (nSPS) is 15.8. The van der Waals surface area contributed by atoms with Gasteiger partial charge >= 0.3 is 5.97 Å². The van der Waals surface area contributed by atoms with Crippen LogP contribution in [-0.4, -0.2) is 27.4 Å². The van der Waals surface area contributed by atoms with E-state index in [1.807, 2.05) is 0 Å². The average Bonchev–Trinajstić information content (AvgIpc) is 1.87. The van der Waals surface area contributed by atoms with Crippen molar-refractivity contribution in [1.29, 1.82) is 0 Å². The Hall–Kier alpha value is -0.660. The number of nitroso groups, excluding NO2 is 1. The molecule has 0 aliphatic carbocycles. The van der Waals surface area contributed by atoms with Gasteiger partial charge in [-0.2, -0.15) is 0 Å². The zero-order valence-electron chi connectivity index (χ0n) is 4.89. The van der Waals surface area contributed by atoms with Crippen molar-refractivity contribution in [3.8, 4) is 0 Å². The van der Waals surface area contributed by atoms with E-state index in [1.54, 1.807) is 0 Å². The van der Waals surface area contributed by atoms with Crippen molar-refractivity contribution in [2.45, 2.75) is 6.04 Å². The SMILES string of the molecule is N[C@@H](C[S+]([O-])N=O)C(=O)O. The Kier molecular flexibility index (Phi) is 3.93. The van der Waals surface area contributed by atoms with Crippen molar-refractivity contribution in [1.82, 2.24) is 0 Å². The molecular formula is C3H6N2O4S. The molecular weight excluding hydrogens is 160 g/mol. The van der Waals surface area contributed by atoms with Crippen LogP contribution in [0.25, 0.3) is 0 Å². The van der Waals surface area contributed by atoms with Gasteiger partial charge < -0.3 is 15.4 Å². The molecule has 0 heterocycles. The largest absolute Gasteiger partial charge is 0.589 e. The fraction of sp³-hybridized carbons (Fsp3) is 0.667. The van der Waals surface area contributed by atoms with Crippen LogP contribution < -0.4 is 5.73 Å². The molecule has 7 heteroatoms. The summed E-state index contributed by atoms with van der Waals surface area (Å²) in [5, 5.41) is 8.12. The highest BCUT2D eigenvalue weighted by molar-refractivity contribution is 7.90. The van der Waals surface area contributed by atoms with Crippen LogP contribution >= 0.6 is 0 Å². The molecule has 0 aromatic rings. The van der Waals surface area contributed by atoms with Gasteiger partial charge in [0.15, 0.2) is 16.4 Å². The monoisotopic (exact) mass is 166 g/mol. The Morgan fingerprint density at radius 1 is 1.90 bits per heavy atom. The Labute approximate surface area is 59.7 Å². The number of hydrogen-bond acceptors (Lipinski definition) is 5. The molecule has 0 saturated heterocycles. The lowest BCUT2D eigenvalue weighted by molar-refractivity contribution is -0.137. The van der Waals surface area contributed by atoms with E-state index >= 15 is 0 Å². The lowest BCUT2D eigenvalue weighted by atomic mass is 10.4. The van der Waals surface area contributed by atoms with Gasteiger partial charge in [0.25, 0.3) is 0 Å². The van der Waals surface area contributed by atoms with E-state index in [1.165, 1.54) is 0 Å². The zero-order valence-corrected chi connectivity index (χ0v) is 5.71. The van der Waals surface area contributed by atoms with Crippen molar-refractivity contribution in [2.75, 3.05) is 5.75 Å². The number of carbonyl (C=O) groups is 1. The number of nitrogens with zero attached hydrogens (tertiary/aromatic N) is 1. The fourth-order valence-electron chi connectivity index (χ4n) is 0.255. The van der Waals surface area contributed by atoms with Crippen LogP contribution in [0.5, 0.6) is 0 Å². The molecule has 0 amide bonds. The maximum atomic E-state index is 10.2. The second-order valence-electron chi connectivity index (χ2n) is 1.51. The summed E-state index contributed by atoms with van der Waals surface area (Å²) in [6.45, 7) is 0. The minimum Gasteiger partial charge on any atom is -0.589 e. The second kappa shape index (κ2) is 4.20. The smallest absolute Gasteiger partial charge is 0.325 e. The molecule has 0 rings (SSSR count). The first kappa shape index (κ1) is 9.34. The maximum absolute atomic E-state index is 10.2. The Balaban J connectivity index is 3.67. The average molecular weight is 166 g/mol. The van der Waals surface area contributed by atoms with Crippen molar-refractivity contribution in [3.05, 3.63) is 4.91 Å². The van der Waals surface area contributed by atoms with E-state index in [0.717, 1.165) is 0 Å². The molecule has 0 saturated carbocycles. The molecule has 0 radical (unpaired) electrons. The zero-order chi connectivity index (χ0) is 8.15. The summed E-state index contributed by atoms with van der Waals surface area (Å²) in [5.41, 5.74) is 4.90. The van der Waals surface area contributed by atoms with E-state index < -0.39 is 29.1 Å². The quantitative estimate of drug-likeness (QED) is 0.403. The molecule has 6 nitrogen and oxygen atoms in total. The highest BCUT2D eigenvalue weighted by Crippen LogP contribution is 1.93. The standard InChI is InChI=1S/C3H6N2O4S/c4-2(3(6)7)1-10(9)5-8/h2H,1,4H2,(H,6,7)/t2-,10?/m0/s1. The van der Waals surface area contributed by atoms with E-state index in [4.69, 9.17) is 10.8 Å². The summed E-state index contributed by atoms with van der Waals surface area (Å²) in [4.78, 5) is 19.4. The van der Waals surface area contributed by atoms with E-state index in [2.05, 4.69) is 4.58 Å². The summed E-state index contributed by atoms with van der Waals surface area (Å²) in [7, 11) is 0. The van der Waals surface area contributed by atoms with Crippen LogP contribution in [-0.2, 0) is 16.2 Å². The minimum absolute atomic E-state index is 0.432. The van der Waals surface area contributed by atoms with Crippen LogP contribution in [0.1, 0.15) is 0 Å². The van der Waals surface area contributed by atoms with Gasteiger partial charge in [0.1, 0.15) is 11.4 Å². The molecule has 0 aliphatic rings. The summed E-state index contributed by atoms with van der Waals surface area (Å²) in [6, 6.07) is -1.28. The number of hydrogen-bond donors (Lipinski definition) is 2. The Bertz CT molecular complexity index is 140. The summed E-state index contributed by atoms with van der Waals surface area (Å²) >= 11 is -2.01. The van der Waals surface area contributed by atoms with Gasteiger partial charge in [-0.1, -0.05) is 4.91 Å². The summed E-state index contributed by atoms with van der Waals surface area (Å²) < 4.78 is 12.3. The number of aliphatic carboxylic acids is 1. The molecule has 58 valence electrons. The third-order valence-electron chi connectivity index (χ3n) is 0.722. The fourth-order valence-corrected chi connectivity index (χ4v) is 0.766. The predicted molar refractivity (Wildman–Crippen MR) is 34.4 cm³/mol. The van der Waals surface area contributed by atoms with Gasteiger partial charge in [0.05, 0.1) is 0 Å². The maximum Gasteiger partial charge on any atom is 0.325 e. The lowest BCUT2D eigenvalue weighted by Gasteiger charge is -2.02. The number of carboxylic acids is 1. The van der Waals surface area contributed by atoms with Crippen molar-refractivity contribution >= 4 is 17.3 Å². The number of nitrogens with two attached hydrogens (primary N) is 1. The van der Waals surface area contributed by atoms with Gasteiger partial charge in [-0.15, -0.1) is 0 Å². The third kappa shape index (κ3) is 3.38. The summed E-state index contributed by atoms with van der Waals surface area (Å²) in [6.07, 6.45) is 0. The number of rotatable bonds is 4. The molecule has 0 bridgehead atoms. The van der Waals surface area contributed by atoms with E-state index in [9.17, 15) is 14.3 Å². The van der Waals surface area contributed by atoms with E-state index in [0.29, 0.717) is 0 Å². The Morgan fingerprint density at radius 3 is 2.70 bits per heavy atom. The van der Waals surface area contributed by atoms with Crippen molar-refractivity contribution in [2.24, 2.45) is 10.3 Å². The second-order valence-corrected chi connectivity index (χ2v) is 2.63. The molecule has 1 unspecified atom stereocenters. The van der Waals surface area contributed by atoms with Crippen LogP contribution in [0.2, 0.25) is 0 Å². The highest BCUT2D eigenvalue weighted by Gasteiger charge is 2.20. The van der Waals surface area contributed by atoms with Gasteiger partial charge in [0.2, 0.25) is 0 Å². The molecule has 0 aliphatic heterocycles. The minimum atomic E-state index is -2.01. The number of carboxylic acid groups (broad SMARTS) is 1. The third-order valence-corrected chi connectivity index (χ3v) is 1.53. The molecule has 10 heavy (non-hydrogen) atoms. The highest BCUT2D eigenvalue weighted by atomic mass is 32.2. The predicted octanol–water partition coefficient (Wildman–Crippen LogP) is -1.17. The van der Waals surface area contributed by atoms with Gasteiger partial charge in [-0.25, -0.2) is 0 Å². The summed E-state index contributed by atoms with van der Waals surface area (Å²) in [5.74, 6) is -1.73. The van der Waals surface area contributed by atoms with Gasteiger partial charge in [-0.3, -0.25) is 4.79 Å². The Morgan fingerprint density at radius 2 is 2.40 bits per heavy atom. The van der Waals surface area contributed by atoms with E-state index in [-0.39, 0.29) is 0 Å². The molecule has 2 atom stereocenters. The molecule has 0 fully saturated rings. The van der Waals surface area contributed by atoms with Crippen LogP contribution in [0.15, 0.2) is 4.58 Å². The molecule has 3 N–H and O–H groups in total. The van der Waals surface area contributed by atoms with Crippen LogP contribution in [0.3, 0.4) is 0 Å². The first-order chi connectivity index (χ1) is 4.57.